The second-order valence-corrected chi connectivity index (χ2v) is 3.92. The van der Waals surface area contributed by atoms with Crippen molar-refractivity contribution < 1.29 is 13.9 Å². The van der Waals surface area contributed by atoms with Gasteiger partial charge in [0.25, 0.3) is 0 Å². The predicted octanol–water partition coefficient (Wildman–Crippen LogP) is 1.99. The van der Waals surface area contributed by atoms with E-state index in [1.807, 2.05) is 0 Å². The molecule has 0 saturated carbocycles. The smallest absolute Gasteiger partial charge is 0.185 e. The number of aryl methyl sites for hydroxylation is 1. The Bertz CT molecular complexity index is 578. The number of carbonyl (C=O) groups is 1. The van der Waals surface area contributed by atoms with Gasteiger partial charge in [0.15, 0.2) is 17.3 Å². The van der Waals surface area contributed by atoms with Crippen molar-refractivity contribution in [1.82, 2.24) is 9.55 Å². The molecule has 0 bridgehead atoms. The van der Waals surface area contributed by atoms with Gasteiger partial charge >= 0.3 is 0 Å². The molecule has 0 spiro atoms. The standard InChI is InChI=1S/C13H13FN2O2/c1-16-8-15-7-10(16)11(17)6-9-4-3-5-12(18-2)13(9)14/h3-5,7-8H,6H2,1-2H3. The summed E-state index contributed by atoms with van der Waals surface area (Å²) in [6.07, 6.45) is 3.00. The Morgan fingerprint density at radius 3 is 2.89 bits per heavy atom. The molecule has 2 rings (SSSR count). The van der Waals surface area contributed by atoms with Gasteiger partial charge in [-0.25, -0.2) is 9.37 Å². The zero-order valence-corrected chi connectivity index (χ0v) is 10.2. The van der Waals surface area contributed by atoms with Gasteiger partial charge in [-0.2, -0.15) is 0 Å². The molecule has 2 aromatic rings. The van der Waals surface area contributed by atoms with Gasteiger partial charge in [0.2, 0.25) is 0 Å². The molecule has 0 saturated heterocycles. The molecule has 0 fully saturated rings. The molecule has 0 unspecified atom stereocenters. The van der Waals surface area contributed by atoms with E-state index in [-0.39, 0.29) is 18.0 Å². The van der Waals surface area contributed by atoms with Crippen LogP contribution in [0.5, 0.6) is 5.75 Å². The first-order chi connectivity index (χ1) is 8.63. The Balaban J connectivity index is 2.25. The first kappa shape index (κ1) is 12.3. The lowest BCUT2D eigenvalue weighted by atomic mass is 10.1. The number of rotatable bonds is 4. The van der Waals surface area contributed by atoms with Crippen LogP contribution in [0.3, 0.4) is 0 Å². The van der Waals surface area contributed by atoms with Crippen LogP contribution < -0.4 is 4.74 Å². The monoisotopic (exact) mass is 248 g/mol. The molecule has 1 aromatic heterocycles. The van der Waals surface area contributed by atoms with Gasteiger partial charge in [-0.15, -0.1) is 0 Å². The summed E-state index contributed by atoms with van der Waals surface area (Å²) in [5.74, 6) is -0.525. The molecule has 4 nitrogen and oxygen atoms in total. The van der Waals surface area contributed by atoms with E-state index in [0.717, 1.165) is 0 Å². The number of nitrogens with zero attached hydrogens (tertiary/aromatic N) is 2. The van der Waals surface area contributed by atoms with Crippen LogP contribution in [0, 0.1) is 5.82 Å². The Morgan fingerprint density at radius 1 is 1.50 bits per heavy atom. The summed E-state index contributed by atoms with van der Waals surface area (Å²) in [7, 11) is 3.12. The molecule has 0 amide bonds. The molecule has 0 N–H and O–H groups in total. The van der Waals surface area contributed by atoms with Gasteiger partial charge < -0.3 is 9.30 Å². The molecular formula is C13H13FN2O2. The molecule has 0 aliphatic heterocycles. The summed E-state index contributed by atoms with van der Waals surface area (Å²) in [5, 5.41) is 0. The summed E-state index contributed by atoms with van der Waals surface area (Å²) in [5.41, 5.74) is 0.776. The normalized spacial score (nSPS) is 10.4. The second-order valence-electron chi connectivity index (χ2n) is 3.92. The predicted molar refractivity (Wildman–Crippen MR) is 64.2 cm³/mol. The number of halogens is 1. The van der Waals surface area contributed by atoms with Crippen LogP contribution in [0.25, 0.3) is 0 Å². The summed E-state index contributed by atoms with van der Waals surface area (Å²) < 4.78 is 20.4. The number of hydrogen-bond donors (Lipinski definition) is 0. The van der Waals surface area contributed by atoms with E-state index < -0.39 is 5.82 Å². The zero-order valence-electron chi connectivity index (χ0n) is 10.2. The summed E-state index contributed by atoms with van der Waals surface area (Å²) >= 11 is 0. The lowest BCUT2D eigenvalue weighted by molar-refractivity contribution is 0.0984. The molecule has 0 radical (unpaired) electrons. The van der Waals surface area contributed by atoms with E-state index >= 15 is 0 Å². The van der Waals surface area contributed by atoms with Crippen LogP contribution in [-0.4, -0.2) is 22.4 Å². The Labute approximate surface area is 104 Å². The van der Waals surface area contributed by atoms with Gasteiger partial charge in [-0.05, 0) is 11.6 Å². The van der Waals surface area contributed by atoms with Crippen LogP contribution in [0.4, 0.5) is 4.39 Å². The first-order valence-corrected chi connectivity index (χ1v) is 5.44. The number of carbonyl (C=O) groups excluding carboxylic acids is 1. The minimum Gasteiger partial charge on any atom is -0.494 e. The maximum Gasteiger partial charge on any atom is 0.185 e. The third-order valence-electron chi connectivity index (χ3n) is 2.72. The van der Waals surface area contributed by atoms with E-state index in [4.69, 9.17) is 4.74 Å². The van der Waals surface area contributed by atoms with Crippen LogP contribution >= 0.6 is 0 Å². The number of imidazole rings is 1. The minimum absolute atomic E-state index is 0.0113. The van der Waals surface area contributed by atoms with Crippen molar-refractivity contribution in [1.29, 1.82) is 0 Å². The average molecular weight is 248 g/mol. The van der Waals surface area contributed by atoms with E-state index in [1.54, 1.807) is 23.7 Å². The highest BCUT2D eigenvalue weighted by atomic mass is 19.1. The Hall–Kier alpha value is -2.17. The highest BCUT2D eigenvalue weighted by molar-refractivity contribution is 5.95. The fourth-order valence-electron chi connectivity index (χ4n) is 1.74. The molecule has 0 aliphatic carbocycles. The third kappa shape index (κ3) is 2.25. The summed E-state index contributed by atoms with van der Waals surface area (Å²) in [6, 6.07) is 4.76. The fourth-order valence-corrected chi connectivity index (χ4v) is 1.74. The molecular weight excluding hydrogens is 235 g/mol. The van der Waals surface area contributed by atoms with Crippen molar-refractivity contribution in [2.45, 2.75) is 6.42 Å². The van der Waals surface area contributed by atoms with Crippen LogP contribution in [-0.2, 0) is 13.5 Å². The zero-order chi connectivity index (χ0) is 13.1. The minimum atomic E-state index is -0.490. The lowest BCUT2D eigenvalue weighted by Crippen LogP contribution is -2.09. The molecule has 0 atom stereocenters. The molecule has 1 heterocycles. The second kappa shape index (κ2) is 5.00. The highest BCUT2D eigenvalue weighted by Gasteiger charge is 2.15. The SMILES string of the molecule is COc1cccc(CC(=O)c2cncn2C)c1F. The van der Waals surface area contributed by atoms with Crippen molar-refractivity contribution in [2.75, 3.05) is 7.11 Å². The summed E-state index contributed by atoms with van der Waals surface area (Å²) in [4.78, 5) is 15.8. The van der Waals surface area contributed by atoms with E-state index in [9.17, 15) is 9.18 Å². The van der Waals surface area contributed by atoms with Gasteiger partial charge in [0.05, 0.1) is 19.6 Å². The van der Waals surface area contributed by atoms with Gasteiger partial charge in [0.1, 0.15) is 5.69 Å². The number of ether oxygens (including phenoxy) is 1. The van der Waals surface area contributed by atoms with Gasteiger partial charge in [-0.1, -0.05) is 12.1 Å². The number of hydrogen-bond acceptors (Lipinski definition) is 3. The van der Waals surface area contributed by atoms with Crippen LogP contribution in [0.1, 0.15) is 16.1 Å². The third-order valence-corrected chi connectivity index (χ3v) is 2.72. The molecule has 0 aliphatic rings. The van der Waals surface area contributed by atoms with Crippen molar-refractivity contribution in [3.8, 4) is 5.75 Å². The molecule has 94 valence electrons. The Morgan fingerprint density at radius 2 is 2.28 bits per heavy atom. The number of methoxy groups -OCH3 is 1. The summed E-state index contributed by atoms with van der Waals surface area (Å²) in [6.45, 7) is 0. The maximum atomic E-state index is 13.9. The maximum absolute atomic E-state index is 13.9. The van der Waals surface area contributed by atoms with Crippen molar-refractivity contribution in [3.05, 3.63) is 47.8 Å². The van der Waals surface area contributed by atoms with E-state index in [2.05, 4.69) is 4.98 Å². The van der Waals surface area contributed by atoms with E-state index in [0.29, 0.717) is 11.3 Å². The van der Waals surface area contributed by atoms with Gasteiger partial charge in [-0.3, -0.25) is 4.79 Å². The number of benzene rings is 1. The molecule has 18 heavy (non-hydrogen) atoms. The lowest BCUT2D eigenvalue weighted by Gasteiger charge is -2.07. The molecule has 1 aromatic carbocycles. The quantitative estimate of drug-likeness (QED) is 0.777. The largest absolute Gasteiger partial charge is 0.494 e. The number of Topliss-reactive ketones (excluding diaryl/α,β-unsaturated/α-hetero) is 1. The topological polar surface area (TPSA) is 44.1 Å². The van der Waals surface area contributed by atoms with E-state index in [1.165, 1.54) is 25.7 Å². The first-order valence-electron chi connectivity index (χ1n) is 5.44. The Kier molecular flexibility index (Phi) is 3.41. The number of aromatic nitrogens is 2. The van der Waals surface area contributed by atoms with Crippen molar-refractivity contribution >= 4 is 5.78 Å². The number of ketones is 1. The van der Waals surface area contributed by atoms with Crippen LogP contribution in [0.15, 0.2) is 30.7 Å². The average Bonchev–Trinajstić information content (AvgIpc) is 2.78. The fraction of sp³-hybridized carbons (Fsp3) is 0.231. The van der Waals surface area contributed by atoms with Crippen molar-refractivity contribution in [2.24, 2.45) is 7.05 Å². The molecule has 5 heteroatoms. The highest BCUT2D eigenvalue weighted by Crippen LogP contribution is 2.21. The van der Waals surface area contributed by atoms with Crippen molar-refractivity contribution in [3.63, 3.8) is 0 Å². The van der Waals surface area contributed by atoms with Crippen LogP contribution in [0.2, 0.25) is 0 Å². The van der Waals surface area contributed by atoms with Gasteiger partial charge in [0, 0.05) is 13.5 Å².